The molecule has 5 rings (SSSR count). The molecule has 1 aliphatic heterocycles. The summed E-state index contributed by atoms with van der Waals surface area (Å²) in [6, 6.07) is 17.4. The number of nitrogens with zero attached hydrogens (tertiary/aromatic N) is 3. The standard InChI is InChI=1S/C26H27ClN6O/c1-17(18-9-12-28-13-10-18)34-22-4-2-3-21(15-22)31-26-29-14-11-24(32-26)23-16-30-33-25(23)19-5-7-20(27)8-6-19/h2-8,11,14-18,28H,9-10,12-13H2,1H3,(H,30,33)(H,29,31,32). The number of rotatable bonds is 7. The topological polar surface area (TPSA) is 87.8 Å². The van der Waals surface area contributed by atoms with Crippen LogP contribution in [-0.4, -0.2) is 39.4 Å². The zero-order valence-corrected chi connectivity index (χ0v) is 19.7. The second kappa shape index (κ2) is 10.2. The highest BCUT2D eigenvalue weighted by Crippen LogP contribution is 2.30. The predicted molar refractivity (Wildman–Crippen MR) is 135 cm³/mol. The molecule has 3 N–H and O–H groups in total. The lowest BCUT2D eigenvalue weighted by molar-refractivity contribution is 0.128. The van der Waals surface area contributed by atoms with Crippen LogP contribution in [0.25, 0.3) is 22.5 Å². The molecular weight excluding hydrogens is 448 g/mol. The first-order valence-electron chi connectivity index (χ1n) is 11.5. The van der Waals surface area contributed by atoms with E-state index in [1.165, 1.54) is 0 Å². The molecule has 1 fully saturated rings. The SMILES string of the molecule is CC(Oc1cccc(Nc2nccc(-c3c[nH]nc3-c3ccc(Cl)cc3)n2)c1)C1CCNCC1. The largest absolute Gasteiger partial charge is 0.490 e. The lowest BCUT2D eigenvalue weighted by Crippen LogP contribution is -2.35. The van der Waals surface area contributed by atoms with Gasteiger partial charge in [-0.15, -0.1) is 0 Å². The van der Waals surface area contributed by atoms with Crippen LogP contribution in [0, 0.1) is 5.92 Å². The smallest absolute Gasteiger partial charge is 0.227 e. The first-order valence-corrected chi connectivity index (χ1v) is 11.9. The Balaban J connectivity index is 1.32. The van der Waals surface area contributed by atoms with E-state index in [0.29, 0.717) is 16.9 Å². The summed E-state index contributed by atoms with van der Waals surface area (Å²) in [5.41, 5.74) is 4.30. The molecule has 0 aliphatic carbocycles. The molecule has 7 nitrogen and oxygen atoms in total. The number of piperidine rings is 1. The third kappa shape index (κ3) is 5.21. The number of ether oxygens (including phenoxy) is 1. The van der Waals surface area contributed by atoms with Gasteiger partial charge in [0.15, 0.2) is 0 Å². The summed E-state index contributed by atoms with van der Waals surface area (Å²) < 4.78 is 6.26. The molecule has 0 saturated carbocycles. The van der Waals surface area contributed by atoms with Gasteiger partial charge in [0.25, 0.3) is 0 Å². The maximum absolute atomic E-state index is 6.26. The van der Waals surface area contributed by atoms with Gasteiger partial charge in [0.2, 0.25) is 5.95 Å². The van der Waals surface area contributed by atoms with Crippen molar-refractivity contribution in [3.8, 4) is 28.3 Å². The molecule has 8 heteroatoms. The number of hydrogen-bond acceptors (Lipinski definition) is 6. The van der Waals surface area contributed by atoms with Crippen LogP contribution in [-0.2, 0) is 0 Å². The first-order chi connectivity index (χ1) is 16.7. The van der Waals surface area contributed by atoms with Crippen molar-refractivity contribution >= 4 is 23.2 Å². The fourth-order valence-corrected chi connectivity index (χ4v) is 4.41. The number of aromatic nitrogens is 4. The molecule has 0 spiro atoms. The molecule has 0 radical (unpaired) electrons. The van der Waals surface area contributed by atoms with Gasteiger partial charge < -0.3 is 15.4 Å². The number of anilines is 2. The number of nitrogens with one attached hydrogen (secondary N) is 3. The number of aromatic amines is 1. The highest BCUT2D eigenvalue weighted by atomic mass is 35.5. The van der Waals surface area contributed by atoms with Crippen LogP contribution >= 0.6 is 11.6 Å². The molecule has 0 amide bonds. The van der Waals surface area contributed by atoms with Gasteiger partial charge in [0.05, 0.1) is 11.8 Å². The summed E-state index contributed by atoms with van der Waals surface area (Å²) in [7, 11) is 0. The third-order valence-corrected chi connectivity index (χ3v) is 6.40. The van der Waals surface area contributed by atoms with E-state index in [1.54, 1.807) is 6.20 Å². The molecule has 2 aromatic heterocycles. The molecular formula is C26H27ClN6O. The van der Waals surface area contributed by atoms with E-state index in [4.69, 9.17) is 21.3 Å². The third-order valence-electron chi connectivity index (χ3n) is 6.15. The highest BCUT2D eigenvalue weighted by molar-refractivity contribution is 6.30. The minimum absolute atomic E-state index is 0.171. The average Bonchev–Trinajstić information content (AvgIpc) is 3.35. The van der Waals surface area contributed by atoms with Crippen molar-refractivity contribution in [2.45, 2.75) is 25.9 Å². The van der Waals surface area contributed by atoms with Crippen LogP contribution in [0.15, 0.2) is 67.0 Å². The van der Waals surface area contributed by atoms with Crippen molar-refractivity contribution < 1.29 is 4.74 Å². The summed E-state index contributed by atoms with van der Waals surface area (Å²) in [4.78, 5) is 9.13. The van der Waals surface area contributed by atoms with Gasteiger partial charge in [-0.3, -0.25) is 5.10 Å². The van der Waals surface area contributed by atoms with Crippen LogP contribution < -0.4 is 15.4 Å². The van der Waals surface area contributed by atoms with Crippen LogP contribution in [0.5, 0.6) is 5.75 Å². The van der Waals surface area contributed by atoms with Crippen LogP contribution in [0.1, 0.15) is 19.8 Å². The lowest BCUT2D eigenvalue weighted by atomic mass is 9.93. The van der Waals surface area contributed by atoms with Crippen LogP contribution in [0.3, 0.4) is 0 Å². The molecule has 34 heavy (non-hydrogen) atoms. The van der Waals surface area contributed by atoms with E-state index in [2.05, 4.69) is 32.7 Å². The Labute approximate surface area is 204 Å². The van der Waals surface area contributed by atoms with Gasteiger partial charge in [-0.05, 0) is 69.1 Å². The fourth-order valence-electron chi connectivity index (χ4n) is 4.28. The van der Waals surface area contributed by atoms with Crippen molar-refractivity contribution in [1.29, 1.82) is 0 Å². The van der Waals surface area contributed by atoms with E-state index in [0.717, 1.165) is 59.9 Å². The number of H-pyrrole nitrogens is 1. The Kier molecular flexibility index (Phi) is 6.74. The Morgan fingerprint density at radius 1 is 1.09 bits per heavy atom. The summed E-state index contributed by atoms with van der Waals surface area (Å²) in [6.45, 7) is 4.28. The zero-order valence-electron chi connectivity index (χ0n) is 19.0. The summed E-state index contributed by atoms with van der Waals surface area (Å²) in [5, 5.41) is 14.8. The molecule has 0 bridgehead atoms. The minimum Gasteiger partial charge on any atom is -0.490 e. The number of hydrogen-bond donors (Lipinski definition) is 3. The van der Waals surface area contributed by atoms with E-state index < -0.39 is 0 Å². The normalized spacial score (nSPS) is 15.1. The highest BCUT2D eigenvalue weighted by Gasteiger charge is 2.21. The summed E-state index contributed by atoms with van der Waals surface area (Å²) >= 11 is 6.04. The monoisotopic (exact) mass is 474 g/mol. The van der Waals surface area contributed by atoms with Crippen molar-refractivity contribution in [2.24, 2.45) is 5.92 Å². The van der Waals surface area contributed by atoms with Gasteiger partial charge in [-0.25, -0.2) is 9.97 Å². The summed E-state index contributed by atoms with van der Waals surface area (Å²) in [5.74, 6) is 1.92. The molecule has 1 aliphatic rings. The van der Waals surface area contributed by atoms with Crippen molar-refractivity contribution in [3.63, 3.8) is 0 Å². The van der Waals surface area contributed by atoms with Gasteiger partial charge in [0, 0.05) is 40.3 Å². The van der Waals surface area contributed by atoms with E-state index in [9.17, 15) is 0 Å². The zero-order chi connectivity index (χ0) is 23.3. The van der Waals surface area contributed by atoms with E-state index in [1.807, 2.05) is 60.8 Å². The van der Waals surface area contributed by atoms with Gasteiger partial charge in [-0.1, -0.05) is 29.8 Å². The number of benzene rings is 2. The first kappa shape index (κ1) is 22.4. The van der Waals surface area contributed by atoms with Gasteiger partial charge >= 0.3 is 0 Å². The maximum Gasteiger partial charge on any atom is 0.227 e. The Bertz CT molecular complexity index is 1240. The van der Waals surface area contributed by atoms with Crippen molar-refractivity contribution in [3.05, 3.63) is 72.0 Å². The summed E-state index contributed by atoms with van der Waals surface area (Å²) in [6.07, 6.45) is 6.04. The molecule has 4 aromatic rings. The van der Waals surface area contributed by atoms with E-state index >= 15 is 0 Å². The lowest BCUT2D eigenvalue weighted by Gasteiger charge is -2.28. The second-order valence-electron chi connectivity index (χ2n) is 8.48. The van der Waals surface area contributed by atoms with Gasteiger partial charge in [0.1, 0.15) is 11.4 Å². The van der Waals surface area contributed by atoms with E-state index in [-0.39, 0.29) is 6.10 Å². The second-order valence-corrected chi connectivity index (χ2v) is 8.92. The molecule has 174 valence electrons. The molecule has 1 unspecified atom stereocenters. The average molecular weight is 475 g/mol. The fraction of sp³-hybridized carbons (Fsp3) is 0.269. The molecule has 1 saturated heterocycles. The van der Waals surface area contributed by atoms with Crippen LogP contribution in [0.4, 0.5) is 11.6 Å². The number of halogens is 1. The Morgan fingerprint density at radius 3 is 2.74 bits per heavy atom. The predicted octanol–water partition coefficient (Wildman–Crippen LogP) is 5.70. The molecule has 1 atom stereocenters. The molecule has 2 aromatic carbocycles. The van der Waals surface area contributed by atoms with Crippen molar-refractivity contribution in [1.82, 2.24) is 25.5 Å². The Morgan fingerprint density at radius 2 is 1.91 bits per heavy atom. The quantitative estimate of drug-likeness (QED) is 0.318. The Hall–Kier alpha value is -3.42. The molecule has 3 heterocycles. The van der Waals surface area contributed by atoms with Gasteiger partial charge in [-0.2, -0.15) is 5.10 Å². The van der Waals surface area contributed by atoms with Crippen molar-refractivity contribution in [2.75, 3.05) is 18.4 Å². The maximum atomic E-state index is 6.26. The van der Waals surface area contributed by atoms with Crippen LogP contribution in [0.2, 0.25) is 5.02 Å². The minimum atomic E-state index is 0.171.